The number of carbonyl (C=O) groups excluding carboxylic acids is 1. The number of aromatic nitrogens is 2. The number of carbonyl (C=O) groups is 1. The van der Waals surface area contributed by atoms with E-state index in [0.29, 0.717) is 36.7 Å². The summed E-state index contributed by atoms with van der Waals surface area (Å²) in [5.74, 6) is 0.0285. The Morgan fingerprint density at radius 2 is 1.97 bits per heavy atom. The quantitative estimate of drug-likeness (QED) is 0.197. The van der Waals surface area contributed by atoms with E-state index in [0.717, 1.165) is 31.7 Å². The second-order valence-electron chi connectivity index (χ2n) is 7.73. The normalized spacial score (nSPS) is 11.4. The van der Waals surface area contributed by atoms with Crippen LogP contribution in [0.25, 0.3) is 21.0 Å². The summed E-state index contributed by atoms with van der Waals surface area (Å²) in [5, 5.41) is 6.32. The lowest BCUT2D eigenvalue weighted by Crippen LogP contribution is -2.25. The van der Waals surface area contributed by atoms with E-state index in [1.807, 2.05) is 63.2 Å². The Bertz CT molecular complexity index is 1360. The first-order chi connectivity index (χ1) is 16.0. The summed E-state index contributed by atoms with van der Waals surface area (Å²) in [7, 11) is 0. The van der Waals surface area contributed by atoms with Crippen molar-refractivity contribution < 1.29 is 9.53 Å². The van der Waals surface area contributed by atoms with Gasteiger partial charge in [-0.2, -0.15) is 0 Å². The van der Waals surface area contributed by atoms with Gasteiger partial charge in [-0.1, -0.05) is 48.2 Å². The van der Waals surface area contributed by atoms with Gasteiger partial charge in [0.25, 0.3) is 5.56 Å². The minimum Gasteiger partial charge on any atom is -0.382 e. The molecule has 0 unspecified atom stereocenters. The van der Waals surface area contributed by atoms with Gasteiger partial charge in [-0.3, -0.25) is 14.2 Å². The number of aryl methyl sites for hydroxylation is 2. The van der Waals surface area contributed by atoms with Crippen molar-refractivity contribution >= 4 is 55.7 Å². The van der Waals surface area contributed by atoms with Crippen LogP contribution >= 0.6 is 23.1 Å². The molecule has 4 rings (SSSR count). The first-order valence-corrected chi connectivity index (χ1v) is 12.8. The third kappa shape index (κ3) is 5.13. The van der Waals surface area contributed by atoms with Gasteiger partial charge in [0, 0.05) is 35.7 Å². The van der Waals surface area contributed by atoms with E-state index in [-0.39, 0.29) is 17.2 Å². The minimum atomic E-state index is -0.134. The Morgan fingerprint density at radius 1 is 1.18 bits per heavy atom. The van der Waals surface area contributed by atoms with E-state index in [1.165, 1.54) is 23.1 Å². The van der Waals surface area contributed by atoms with Crippen LogP contribution in [0.15, 0.2) is 52.4 Å². The van der Waals surface area contributed by atoms with E-state index >= 15 is 0 Å². The van der Waals surface area contributed by atoms with E-state index < -0.39 is 0 Å². The standard InChI is InChI=1S/C25H27N3O3S2/c1-4-31-14-8-13-28-24(30)22-16(2)17(3)33-23(22)27-25(28)32-15-21(29)26-20-12-7-10-18-9-5-6-11-19(18)20/h5-7,9-12H,4,8,13-15H2,1-3H3,(H,26,29). The molecule has 1 N–H and O–H groups in total. The molecule has 0 fully saturated rings. The largest absolute Gasteiger partial charge is 0.382 e. The average molecular weight is 482 g/mol. The number of nitrogens with zero attached hydrogens (tertiary/aromatic N) is 2. The number of thiophene rings is 1. The van der Waals surface area contributed by atoms with Gasteiger partial charge in [-0.15, -0.1) is 11.3 Å². The third-order valence-corrected chi connectivity index (χ3v) is 7.60. The van der Waals surface area contributed by atoms with Gasteiger partial charge >= 0.3 is 0 Å². The highest BCUT2D eigenvalue weighted by atomic mass is 32.2. The zero-order valence-corrected chi connectivity index (χ0v) is 20.6. The zero-order valence-electron chi connectivity index (χ0n) is 19.0. The predicted molar refractivity (Wildman–Crippen MR) is 138 cm³/mol. The van der Waals surface area contributed by atoms with Gasteiger partial charge in [-0.25, -0.2) is 4.98 Å². The van der Waals surface area contributed by atoms with Crippen molar-refractivity contribution in [1.82, 2.24) is 9.55 Å². The monoisotopic (exact) mass is 481 g/mol. The van der Waals surface area contributed by atoms with Crippen LogP contribution in [-0.4, -0.2) is 34.4 Å². The molecule has 8 heteroatoms. The predicted octanol–water partition coefficient (Wildman–Crippen LogP) is 5.39. The summed E-state index contributed by atoms with van der Waals surface area (Å²) in [6.45, 7) is 7.65. The topological polar surface area (TPSA) is 73.2 Å². The molecule has 2 heterocycles. The van der Waals surface area contributed by atoms with Crippen LogP contribution in [0.2, 0.25) is 0 Å². The summed E-state index contributed by atoms with van der Waals surface area (Å²) >= 11 is 2.82. The maximum absolute atomic E-state index is 13.3. The van der Waals surface area contributed by atoms with Crippen molar-refractivity contribution in [2.24, 2.45) is 0 Å². The molecule has 0 aliphatic heterocycles. The Hall–Kier alpha value is -2.68. The Labute approximate surface area is 201 Å². The molecule has 6 nitrogen and oxygen atoms in total. The zero-order chi connectivity index (χ0) is 23.4. The fourth-order valence-corrected chi connectivity index (χ4v) is 5.63. The van der Waals surface area contributed by atoms with Crippen molar-refractivity contribution in [2.45, 2.75) is 38.9 Å². The number of rotatable bonds is 9. The highest BCUT2D eigenvalue weighted by Gasteiger charge is 2.18. The number of hydrogen-bond acceptors (Lipinski definition) is 6. The number of nitrogens with one attached hydrogen (secondary N) is 1. The summed E-state index contributed by atoms with van der Waals surface area (Å²) in [6, 6.07) is 13.8. The second kappa shape index (κ2) is 10.5. The van der Waals surface area contributed by atoms with Gasteiger partial charge in [0.15, 0.2) is 5.16 Å². The SMILES string of the molecule is CCOCCCn1c(SCC(=O)Nc2cccc3ccccc23)nc2sc(C)c(C)c2c1=O. The summed E-state index contributed by atoms with van der Waals surface area (Å²) in [6.07, 6.45) is 0.707. The highest BCUT2D eigenvalue weighted by Crippen LogP contribution is 2.29. The van der Waals surface area contributed by atoms with Crippen LogP contribution in [0, 0.1) is 13.8 Å². The van der Waals surface area contributed by atoms with E-state index in [9.17, 15) is 9.59 Å². The first kappa shape index (κ1) is 23.5. The molecule has 0 atom stereocenters. The summed E-state index contributed by atoms with van der Waals surface area (Å²) < 4.78 is 7.14. The third-order valence-electron chi connectivity index (χ3n) is 5.52. The molecule has 4 aromatic rings. The van der Waals surface area contributed by atoms with Crippen LogP contribution in [0.1, 0.15) is 23.8 Å². The molecule has 0 saturated carbocycles. The van der Waals surface area contributed by atoms with Crippen molar-refractivity contribution in [1.29, 1.82) is 0 Å². The van der Waals surface area contributed by atoms with Gasteiger partial charge in [0.05, 0.1) is 11.1 Å². The number of amides is 1. The number of anilines is 1. The van der Waals surface area contributed by atoms with Gasteiger partial charge in [0.2, 0.25) is 5.91 Å². The molecule has 0 saturated heterocycles. The van der Waals surface area contributed by atoms with Gasteiger partial charge in [0.1, 0.15) is 4.83 Å². The van der Waals surface area contributed by atoms with Gasteiger partial charge in [-0.05, 0) is 44.2 Å². The van der Waals surface area contributed by atoms with E-state index in [2.05, 4.69) is 5.32 Å². The second-order valence-corrected chi connectivity index (χ2v) is 9.87. The number of fused-ring (bicyclic) bond motifs is 2. The van der Waals surface area contributed by atoms with Crippen molar-refractivity contribution in [3.05, 3.63) is 63.3 Å². The number of hydrogen-bond donors (Lipinski definition) is 1. The lowest BCUT2D eigenvalue weighted by Gasteiger charge is -2.13. The Balaban J connectivity index is 1.56. The van der Waals surface area contributed by atoms with E-state index in [1.54, 1.807) is 4.57 Å². The molecule has 2 aromatic heterocycles. The number of benzene rings is 2. The molecule has 0 bridgehead atoms. The fourth-order valence-electron chi connectivity index (χ4n) is 3.74. The van der Waals surface area contributed by atoms with Crippen molar-refractivity contribution in [2.75, 3.05) is 24.3 Å². The number of ether oxygens (including phenoxy) is 1. The Kier molecular flexibility index (Phi) is 7.47. The van der Waals surface area contributed by atoms with E-state index in [4.69, 9.17) is 9.72 Å². The first-order valence-electron chi connectivity index (χ1n) is 11.0. The molecular formula is C25H27N3O3S2. The van der Waals surface area contributed by atoms with Crippen LogP contribution < -0.4 is 10.9 Å². The molecule has 0 radical (unpaired) electrons. The minimum absolute atomic E-state index is 0.0460. The maximum atomic E-state index is 13.3. The van der Waals surface area contributed by atoms with Gasteiger partial charge < -0.3 is 10.1 Å². The Morgan fingerprint density at radius 3 is 2.79 bits per heavy atom. The molecule has 33 heavy (non-hydrogen) atoms. The molecule has 172 valence electrons. The number of thioether (sulfide) groups is 1. The lowest BCUT2D eigenvalue weighted by atomic mass is 10.1. The molecule has 1 amide bonds. The van der Waals surface area contributed by atoms with Crippen LogP contribution in [-0.2, 0) is 16.1 Å². The maximum Gasteiger partial charge on any atom is 0.263 e. The molecule has 2 aromatic carbocycles. The van der Waals surface area contributed by atoms with Crippen LogP contribution in [0.4, 0.5) is 5.69 Å². The molecule has 0 spiro atoms. The molecular weight excluding hydrogens is 454 g/mol. The van der Waals surface area contributed by atoms with Crippen LogP contribution in [0.5, 0.6) is 0 Å². The van der Waals surface area contributed by atoms with Crippen molar-refractivity contribution in [3.8, 4) is 0 Å². The summed E-state index contributed by atoms with van der Waals surface area (Å²) in [5.41, 5.74) is 1.72. The summed E-state index contributed by atoms with van der Waals surface area (Å²) in [4.78, 5) is 32.7. The average Bonchev–Trinajstić information content (AvgIpc) is 3.10. The fraction of sp³-hybridized carbons (Fsp3) is 0.320. The molecule has 0 aliphatic carbocycles. The smallest absolute Gasteiger partial charge is 0.263 e. The molecule has 0 aliphatic rings. The lowest BCUT2D eigenvalue weighted by molar-refractivity contribution is -0.113. The highest BCUT2D eigenvalue weighted by molar-refractivity contribution is 7.99. The van der Waals surface area contributed by atoms with Crippen LogP contribution in [0.3, 0.4) is 0 Å². The van der Waals surface area contributed by atoms with Crippen molar-refractivity contribution in [3.63, 3.8) is 0 Å².